The van der Waals surface area contributed by atoms with Crippen LogP contribution in [0.15, 0.2) is 53.1 Å². The van der Waals surface area contributed by atoms with Crippen LogP contribution in [0.4, 0.5) is 0 Å². The first-order valence-corrected chi connectivity index (χ1v) is 9.16. The van der Waals surface area contributed by atoms with Crippen LogP contribution >= 0.6 is 23.2 Å². The topological polar surface area (TPSA) is 75.4 Å². The molecule has 0 fully saturated rings. The van der Waals surface area contributed by atoms with Crippen LogP contribution in [0.3, 0.4) is 0 Å². The number of oxazole rings is 1. The van der Waals surface area contributed by atoms with Gasteiger partial charge < -0.3 is 14.8 Å². The standard InChI is InChI=1S/C20H18Cl2N2O3/c1-12(13-3-2-4-15(25)9-13)24-19(26)7-8-20-23-11-18(27-20)16-6-5-14(21)10-17(16)22/h2-6,9-12,25H,7-8H2,1H3,(H,24,26). The van der Waals surface area contributed by atoms with Crippen molar-refractivity contribution in [3.63, 3.8) is 0 Å². The van der Waals surface area contributed by atoms with E-state index in [2.05, 4.69) is 10.3 Å². The van der Waals surface area contributed by atoms with Gasteiger partial charge in [-0.15, -0.1) is 0 Å². The summed E-state index contributed by atoms with van der Waals surface area (Å²) in [6, 6.07) is 11.7. The van der Waals surface area contributed by atoms with E-state index < -0.39 is 0 Å². The van der Waals surface area contributed by atoms with E-state index in [9.17, 15) is 9.90 Å². The van der Waals surface area contributed by atoms with Gasteiger partial charge in [0.15, 0.2) is 11.7 Å². The third-order valence-corrected chi connectivity index (χ3v) is 4.61. The van der Waals surface area contributed by atoms with Crippen molar-refractivity contribution in [2.75, 3.05) is 0 Å². The first-order valence-electron chi connectivity index (χ1n) is 8.41. The number of carbonyl (C=O) groups excluding carboxylic acids is 1. The van der Waals surface area contributed by atoms with Gasteiger partial charge >= 0.3 is 0 Å². The Balaban J connectivity index is 1.57. The van der Waals surface area contributed by atoms with E-state index in [1.54, 1.807) is 42.6 Å². The Morgan fingerprint density at radius 1 is 1.26 bits per heavy atom. The summed E-state index contributed by atoms with van der Waals surface area (Å²) in [6.07, 6.45) is 2.18. The van der Waals surface area contributed by atoms with Gasteiger partial charge in [0, 0.05) is 23.4 Å². The molecule has 0 bridgehead atoms. The average molecular weight is 405 g/mol. The van der Waals surface area contributed by atoms with Gasteiger partial charge in [0.2, 0.25) is 5.91 Å². The van der Waals surface area contributed by atoms with Crippen LogP contribution < -0.4 is 5.32 Å². The van der Waals surface area contributed by atoms with Crippen molar-refractivity contribution in [1.29, 1.82) is 0 Å². The number of hydrogen-bond donors (Lipinski definition) is 2. The van der Waals surface area contributed by atoms with Crippen molar-refractivity contribution in [2.24, 2.45) is 0 Å². The van der Waals surface area contributed by atoms with E-state index >= 15 is 0 Å². The van der Waals surface area contributed by atoms with E-state index in [0.717, 1.165) is 5.56 Å². The first-order chi connectivity index (χ1) is 12.9. The third-order valence-electron chi connectivity index (χ3n) is 4.06. The number of nitrogens with zero attached hydrogens (tertiary/aromatic N) is 1. The fourth-order valence-corrected chi connectivity index (χ4v) is 3.15. The smallest absolute Gasteiger partial charge is 0.220 e. The molecule has 0 aliphatic rings. The van der Waals surface area contributed by atoms with Crippen molar-refractivity contribution >= 4 is 29.1 Å². The molecule has 3 aromatic rings. The van der Waals surface area contributed by atoms with Gasteiger partial charge in [-0.1, -0.05) is 35.3 Å². The van der Waals surface area contributed by atoms with Gasteiger partial charge in [0.1, 0.15) is 5.75 Å². The van der Waals surface area contributed by atoms with E-state index in [1.165, 1.54) is 0 Å². The zero-order valence-corrected chi connectivity index (χ0v) is 16.1. The van der Waals surface area contributed by atoms with Crippen LogP contribution in [-0.4, -0.2) is 16.0 Å². The summed E-state index contributed by atoms with van der Waals surface area (Å²) in [7, 11) is 0. The number of aromatic hydroxyl groups is 1. The molecule has 0 aliphatic heterocycles. The molecule has 0 spiro atoms. The molecule has 1 atom stereocenters. The Kier molecular flexibility index (Phi) is 6.04. The molecule has 1 aromatic heterocycles. The summed E-state index contributed by atoms with van der Waals surface area (Å²) in [4.78, 5) is 16.4. The van der Waals surface area contributed by atoms with Gasteiger partial charge in [-0.3, -0.25) is 4.79 Å². The summed E-state index contributed by atoms with van der Waals surface area (Å²) >= 11 is 12.1. The molecule has 0 aliphatic carbocycles. The highest BCUT2D eigenvalue weighted by Crippen LogP contribution is 2.30. The van der Waals surface area contributed by atoms with Gasteiger partial charge in [-0.25, -0.2) is 4.98 Å². The average Bonchev–Trinajstić information content (AvgIpc) is 3.08. The lowest BCUT2D eigenvalue weighted by Crippen LogP contribution is -2.26. The zero-order valence-electron chi connectivity index (χ0n) is 14.6. The number of amides is 1. The molecule has 0 radical (unpaired) electrons. The number of phenols is 1. The Hall–Kier alpha value is -2.50. The number of phenolic OH excluding ortho intramolecular Hbond substituents is 1. The maximum absolute atomic E-state index is 12.2. The van der Waals surface area contributed by atoms with Crippen LogP contribution in [0.5, 0.6) is 5.75 Å². The highest BCUT2D eigenvalue weighted by Gasteiger charge is 2.14. The number of aryl methyl sites for hydroxylation is 1. The maximum atomic E-state index is 12.2. The number of halogens is 2. The monoisotopic (exact) mass is 404 g/mol. The minimum atomic E-state index is -0.211. The van der Waals surface area contributed by atoms with Gasteiger partial charge in [-0.05, 0) is 42.8 Å². The van der Waals surface area contributed by atoms with Gasteiger partial charge in [0.05, 0.1) is 17.3 Å². The highest BCUT2D eigenvalue weighted by atomic mass is 35.5. The lowest BCUT2D eigenvalue weighted by molar-refractivity contribution is -0.121. The van der Waals surface area contributed by atoms with Crippen LogP contribution in [0.1, 0.15) is 30.8 Å². The molecule has 2 aromatic carbocycles. The zero-order chi connectivity index (χ0) is 19.4. The quantitative estimate of drug-likeness (QED) is 0.594. The number of rotatable bonds is 6. The van der Waals surface area contributed by atoms with E-state index in [4.69, 9.17) is 27.6 Å². The van der Waals surface area contributed by atoms with Crippen LogP contribution in [0.25, 0.3) is 11.3 Å². The summed E-state index contributed by atoms with van der Waals surface area (Å²) in [5.74, 6) is 1.02. The van der Waals surface area contributed by atoms with Crippen LogP contribution in [-0.2, 0) is 11.2 Å². The Bertz CT molecular complexity index is 956. The summed E-state index contributed by atoms with van der Waals surface area (Å²) in [6.45, 7) is 1.86. The summed E-state index contributed by atoms with van der Waals surface area (Å²) in [5, 5.41) is 13.4. The molecule has 3 rings (SSSR count). The summed E-state index contributed by atoms with van der Waals surface area (Å²) in [5.41, 5.74) is 1.53. The number of aromatic nitrogens is 1. The fraction of sp³-hybridized carbons (Fsp3) is 0.200. The van der Waals surface area contributed by atoms with Crippen molar-refractivity contribution in [3.8, 4) is 17.1 Å². The number of carbonyl (C=O) groups is 1. The molecule has 0 saturated heterocycles. The lowest BCUT2D eigenvalue weighted by Gasteiger charge is -2.14. The van der Waals surface area contributed by atoms with E-state index in [0.29, 0.717) is 33.7 Å². The minimum Gasteiger partial charge on any atom is -0.508 e. The third kappa shape index (κ3) is 5.02. The number of hydrogen-bond acceptors (Lipinski definition) is 4. The summed E-state index contributed by atoms with van der Waals surface area (Å²) < 4.78 is 5.69. The number of benzene rings is 2. The van der Waals surface area contributed by atoms with Gasteiger partial charge in [-0.2, -0.15) is 0 Å². The van der Waals surface area contributed by atoms with E-state index in [1.807, 2.05) is 13.0 Å². The highest BCUT2D eigenvalue weighted by molar-refractivity contribution is 6.36. The molecule has 140 valence electrons. The molecular weight excluding hydrogens is 387 g/mol. The van der Waals surface area contributed by atoms with E-state index in [-0.39, 0.29) is 24.1 Å². The minimum absolute atomic E-state index is 0.130. The molecule has 2 N–H and O–H groups in total. The predicted molar refractivity (Wildman–Crippen MR) is 105 cm³/mol. The molecule has 1 amide bonds. The van der Waals surface area contributed by atoms with Gasteiger partial charge in [0.25, 0.3) is 0 Å². The molecule has 1 heterocycles. The maximum Gasteiger partial charge on any atom is 0.220 e. The molecule has 1 unspecified atom stereocenters. The Morgan fingerprint density at radius 3 is 2.81 bits per heavy atom. The molecule has 0 saturated carbocycles. The first kappa shape index (κ1) is 19.3. The Labute approximate surface area is 166 Å². The lowest BCUT2D eigenvalue weighted by atomic mass is 10.1. The predicted octanol–water partition coefficient (Wildman–Crippen LogP) is 5.16. The fourth-order valence-electron chi connectivity index (χ4n) is 2.65. The molecule has 27 heavy (non-hydrogen) atoms. The van der Waals surface area contributed by atoms with Crippen molar-refractivity contribution < 1.29 is 14.3 Å². The largest absolute Gasteiger partial charge is 0.508 e. The second kappa shape index (κ2) is 8.46. The normalized spacial score (nSPS) is 12.0. The van der Waals surface area contributed by atoms with Crippen molar-refractivity contribution in [1.82, 2.24) is 10.3 Å². The number of nitrogens with one attached hydrogen (secondary N) is 1. The van der Waals surface area contributed by atoms with Crippen molar-refractivity contribution in [2.45, 2.75) is 25.8 Å². The molecule has 5 nitrogen and oxygen atoms in total. The second-order valence-corrected chi connectivity index (χ2v) is 6.97. The van der Waals surface area contributed by atoms with Crippen LogP contribution in [0, 0.1) is 0 Å². The second-order valence-electron chi connectivity index (χ2n) is 6.13. The molecule has 7 heteroatoms. The van der Waals surface area contributed by atoms with Crippen LogP contribution in [0.2, 0.25) is 10.0 Å². The van der Waals surface area contributed by atoms with Crippen molar-refractivity contribution in [3.05, 3.63) is 70.2 Å². The SMILES string of the molecule is CC(NC(=O)CCc1ncc(-c2ccc(Cl)cc2Cl)o1)c1cccc(O)c1. The Morgan fingerprint density at radius 2 is 2.07 bits per heavy atom. The molecular formula is C20H18Cl2N2O3.